The molecule has 4 rings (SSSR count). The Kier molecular flexibility index (Phi) is 7.87. The van der Waals surface area contributed by atoms with Crippen molar-refractivity contribution in [1.29, 1.82) is 10.5 Å². The first-order chi connectivity index (χ1) is 17.0. The van der Waals surface area contributed by atoms with Gasteiger partial charge in [0.05, 0.1) is 12.7 Å². The van der Waals surface area contributed by atoms with E-state index >= 15 is 0 Å². The zero-order valence-corrected chi connectivity index (χ0v) is 21.5. The van der Waals surface area contributed by atoms with Gasteiger partial charge in [-0.1, -0.05) is 34.1 Å². The van der Waals surface area contributed by atoms with Crippen LogP contribution in [0.15, 0.2) is 52.5 Å². The molecule has 35 heavy (non-hydrogen) atoms. The summed E-state index contributed by atoms with van der Waals surface area (Å²) >= 11 is 4.85. The molecule has 1 amide bonds. The first-order valence-corrected chi connectivity index (χ1v) is 12.7. The number of fused-ring (bicyclic) bond motifs is 1. The highest BCUT2D eigenvalue weighted by Crippen LogP contribution is 2.38. The second-order valence-electron chi connectivity index (χ2n) is 7.98. The Morgan fingerprint density at radius 3 is 2.63 bits per heavy atom. The molecule has 0 fully saturated rings. The summed E-state index contributed by atoms with van der Waals surface area (Å²) in [5, 5.41) is 22.5. The molecular formula is C27H22BrN3O3S. The highest BCUT2D eigenvalue weighted by molar-refractivity contribution is 9.10. The number of rotatable bonds is 7. The second-order valence-corrected chi connectivity index (χ2v) is 10.00. The summed E-state index contributed by atoms with van der Waals surface area (Å²) in [4.78, 5) is 14.0. The summed E-state index contributed by atoms with van der Waals surface area (Å²) in [6, 6.07) is 17.2. The van der Waals surface area contributed by atoms with Crippen LogP contribution in [0.4, 0.5) is 5.00 Å². The number of hydrogen-bond acceptors (Lipinski definition) is 6. The summed E-state index contributed by atoms with van der Waals surface area (Å²) in [5.41, 5.74) is 3.12. The molecule has 0 saturated heterocycles. The minimum atomic E-state index is -0.544. The molecule has 2 aromatic carbocycles. The molecule has 0 radical (unpaired) electrons. The molecule has 0 atom stereocenters. The largest absolute Gasteiger partial charge is 0.493 e. The Balaban J connectivity index is 1.51. The third kappa shape index (κ3) is 5.74. The maximum Gasteiger partial charge on any atom is 0.266 e. The number of aryl methyl sites for hydroxylation is 1. The molecular weight excluding hydrogens is 526 g/mol. The van der Waals surface area contributed by atoms with Crippen molar-refractivity contribution >= 4 is 44.3 Å². The normalized spacial score (nSPS) is 12.7. The fraction of sp³-hybridized carbons (Fsp3) is 0.222. The lowest BCUT2D eigenvalue weighted by Gasteiger charge is -2.12. The van der Waals surface area contributed by atoms with Gasteiger partial charge in [-0.3, -0.25) is 4.79 Å². The first kappa shape index (κ1) is 24.5. The van der Waals surface area contributed by atoms with Gasteiger partial charge in [-0.2, -0.15) is 10.5 Å². The number of nitrogens with zero attached hydrogens (tertiary/aromatic N) is 2. The van der Waals surface area contributed by atoms with Crippen LogP contribution < -0.4 is 14.8 Å². The lowest BCUT2D eigenvalue weighted by Crippen LogP contribution is -2.13. The SMILES string of the molecule is COc1cc(/C=C(\C#N)C(=O)Nc2sc3c(c2C#N)CCCC3)ccc1OCc1ccc(Br)cc1. The van der Waals surface area contributed by atoms with Crippen LogP contribution >= 0.6 is 27.3 Å². The van der Waals surface area contributed by atoms with Gasteiger partial charge in [0.25, 0.3) is 5.91 Å². The second kappa shape index (κ2) is 11.2. The number of anilines is 1. The minimum absolute atomic E-state index is 0.0640. The topological polar surface area (TPSA) is 95.1 Å². The summed E-state index contributed by atoms with van der Waals surface area (Å²) in [6.07, 6.45) is 5.39. The molecule has 6 nitrogen and oxygen atoms in total. The van der Waals surface area contributed by atoms with E-state index in [-0.39, 0.29) is 5.57 Å². The van der Waals surface area contributed by atoms with Gasteiger partial charge in [0.1, 0.15) is 29.3 Å². The van der Waals surface area contributed by atoms with Gasteiger partial charge in [-0.05, 0) is 72.7 Å². The third-order valence-corrected chi connectivity index (χ3v) is 7.42. The maximum absolute atomic E-state index is 12.9. The Morgan fingerprint density at radius 2 is 1.91 bits per heavy atom. The standard InChI is InChI=1S/C27H22BrN3O3S/c1-33-24-13-18(8-11-23(24)34-16-17-6-9-20(28)10-7-17)12-19(14-29)26(32)31-27-22(15-30)21-4-2-3-5-25(21)35-27/h6-13H,2-5,16H2,1H3,(H,31,32)/b19-12+. The quantitative estimate of drug-likeness (QED) is 0.273. The van der Waals surface area contributed by atoms with Crippen molar-refractivity contribution in [2.45, 2.75) is 32.3 Å². The summed E-state index contributed by atoms with van der Waals surface area (Å²) in [7, 11) is 1.54. The summed E-state index contributed by atoms with van der Waals surface area (Å²) in [5.74, 6) is 0.502. The molecule has 1 aliphatic carbocycles. The number of carbonyl (C=O) groups excluding carboxylic acids is 1. The number of benzene rings is 2. The molecule has 1 N–H and O–H groups in total. The average Bonchev–Trinajstić information content (AvgIpc) is 3.23. The molecule has 176 valence electrons. The smallest absolute Gasteiger partial charge is 0.266 e. The number of thiophene rings is 1. The number of ether oxygens (including phenoxy) is 2. The van der Waals surface area contributed by atoms with Crippen molar-refractivity contribution in [2.24, 2.45) is 0 Å². The van der Waals surface area contributed by atoms with Gasteiger partial charge in [0.2, 0.25) is 0 Å². The van der Waals surface area contributed by atoms with E-state index in [0.29, 0.717) is 34.2 Å². The van der Waals surface area contributed by atoms with Crippen LogP contribution in [0.1, 0.15) is 40.0 Å². The van der Waals surface area contributed by atoms with Crippen molar-refractivity contribution in [3.05, 3.63) is 79.6 Å². The highest BCUT2D eigenvalue weighted by atomic mass is 79.9. The number of halogens is 1. The van der Waals surface area contributed by atoms with E-state index in [1.54, 1.807) is 18.2 Å². The maximum atomic E-state index is 12.9. The number of methoxy groups -OCH3 is 1. The lowest BCUT2D eigenvalue weighted by atomic mass is 9.96. The van der Waals surface area contributed by atoms with E-state index in [1.807, 2.05) is 30.3 Å². The average molecular weight is 548 g/mol. The van der Waals surface area contributed by atoms with Crippen molar-refractivity contribution in [1.82, 2.24) is 0 Å². The molecule has 0 bridgehead atoms. The van der Waals surface area contributed by atoms with Crippen LogP contribution in [-0.4, -0.2) is 13.0 Å². The Hall–Kier alpha value is -3.59. The molecule has 3 aromatic rings. The van der Waals surface area contributed by atoms with Crippen LogP contribution in [-0.2, 0) is 24.2 Å². The lowest BCUT2D eigenvalue weighted by molar-refractivity contribution is -0.112. The third-order valence-electron chi connectivity index (χ3n) is 5.68. The number of nitriles is 2. The Bertz CT molecular complexity index is 1360. The van der Waals surface area contributed by atoms with E-state index in [4.69, 9.17) is 9.47 Å². The van der Waals surface area contributed by atoms with Crippen LogP contribution in [0.5, 0.6) is 11.5 Å². The fourth-order valence-electron chi connectivity index (χ4n) is 3.89. The van der Waals surface area contributed by atoms with Gasteiger partial charge in [0, 0.05) is 9.35 Å². The molecule has 0 aliphatic heterocycles. The Morgan fingerprint density at radius 1 is 1.14 bits per heavy atom. The molecule has 0 unspecified atom stereocenters. The molecule has 0 spiro atoms. The number of carbonyl (C=O) groups is 1. The van der Waals surface area contributed by atoms with Gasteiger partial charge in [0.15, 0.2) is 11.5 Å². The first-order valence-electron chi connectivity index (χ1n) is 11.1. The van der Waals surface area contributed by atoms with Gasteiger partial charge in [-0.15, -0.1) is 11.3 Å². The van der Waals surface area contributed by atoms with E-state index in [9.17, 15) is 15.3 Å². The van der Waals surface area contributed by atoms with Crippen LogP contribution in [0.25, 0.3) is 6.08 Å². The van der Waals surface area contributed by atoms with Crippen molar-refractivity contribution < 1.29 is 14.3 Å². The molecule has 1 aliphatic rings. The van der Waals surface area contributed by atoms with E-state index in [2.05, 4.69) is 27.3 Å². The van der Waals surface area contributed by atoms with Gasteiger partial charge in [-0.25, -0.2) is 0 Å². The Labute approximate surface area is 216 Å². The zero-order valence-electron chi connectivity index (χ0n) is 19.1. The van der Waals surface area contributed by atoms with E-state index < -0.39 is 5.91 Å². The minimum Gasteiger partial charge on any atom is -0.493 e. The van der Waals surface area contributed by atoms with Gasteiger partial charge >= 0.3 is 0 Å². The van der Waals surface area contributed by atoms with Crippen molar-refractivity contribution in [2.75, 3.05) is 12.4 Å². The van der Waals surface area contributed by atoms with E-state index in [1.165, 1.54) is 24.5 Å². The van der Waals surface area contributed by atoms with Gasteiger partial charge < -0.3 is 14.8 Å². The summed E-state index contributed by atoms with van der Waals surface area (Å²) in [6.45, 7) is 0.372. The predicted octanol–water partition coefficient (Wildman–Crippen LogP) is 6.39. The van der Waals surface area contributed by atoms with Crippen molar-refractivity contribution in [3.8, 4) is 23.6 Å². The number of hydrogen-bond donors (Lipinski definition) is 1. The fourth-order valence-corrected chi connectivity index (χ4v) is 5.39. The van der Waals surface area contributed by atoms with Crippen LogP contribution in [0.2, 0.25) is 0 Å². The number of nitrogens with one attached hydrogen (secondary N) is 1. The molecule has 1 aromatic heterocycles. The monoisotopic (exact) mass is 547 g/mol. The molecule has 0 saturated carbocycles. The molecule has 1 heterocycles. The summed E-state index contributed by atoms with van der Waals surface area (Å²) < 4.78 is 12.4. The van der Waals surface area contributed by atoms with Crippen molar-refractivity contribution in [3.63, 3.8) is 0 Å². The van der Waals surface area contributed by atoms with E-state index in [0.717, 1.165) is 46.2 Å². The van der Waals surface area contributed by atoms with Crippen LogP contribution in [0.3, 0.4) is 0 Å². The number of amides is 1. The molecule has 8 heteroatoms. The highest BCUT2D eigenvalue weighted by Gasteiger charge is 2.22. The zero-order chi connectivity index (χ0) is 24.8. The van der Waals surface area contributed by atoms with Crippen LogP contribution in [0, 0.1) is 22.7 Å². The predicted molar refractivity (Wildman–Crippen MR) is 139 cm³/mol.